The van der Waals surface area contributed by atoms with Crippen molar-refractivity contribution >= 4 is 22.4 Å². The van der Waals surface area contributed by atoms with E-state index in [1.54, 1.807) is 4.31 Å². The Morgan fingerprint density at radius 2 is 2.07 bits per heavy atom. The Morgan fingerprint density at radius 1 is 1.40 bits per heavy atom. The van der Waals surface area contributed by atoms with Crippen LogP contribution in [0.3, 0.4) is 0 Å². The van der Waals surface area contributed by atoms with E-state index in [9.17, 15) is 8.42 Å². The fourth-order valence-corrected chi connectivity index (χ4v) is 4.03. The van der Waals surface area contributed by atoms with Crippen molar-refractivity contribution in [2.75, 3.05) is 25.4 Å². The van der Waals surface area contributed by atoms with E-state index < -0.39 is 10.0 Å². The van der Waals surface area contributed by atoms with Crippen LogP contribution in [0.4, 0.5) is 0 Å². The van der Waals surface area contributed by atoms with E-state index in [-0.39, 0.29) is 18.4 Å². The van der Waals surface area contributed by atoms with Crippen LogP contribution in [0.1, 0.15) is 19.8 Å². The highest BCUT2D eigenvalue weighted by molar-refractivity contribution is 7.89. The minimum atomic E-state index is -2.98. The molecule has 0 aromatic rings. The smallest absolute Gasteiger partial charge is 0.214 e. The summed E-state index contributed by atoms with van der Waals surface area (Å²) in [5.41, 5.74) is 0. The van der Waals surface area contributed by atoms with Gasteiger partial charge in [-0.05, 0) is 25.7 Å². The third kappa shape index (κ3) is 3.31. The molecule has 0 bridgehead atoms. The van der Waals surface area contributed by atoms with Crippen LogP contribution in [0.2, 0.25) is 0 Å². The van der Waals surface area contributed by atoms with Crippen LogP contribution in [0.5, 0.6) is 0 Å². The first-order chi connectivity index (χ1) is 6.59. The highest BCUT2D eigenvalue weighted by Gasteiger charge is 2.34. The molecule has 0 amide bonds. The summed E-state index contributed by atoms with van der Waals surface area (Å²) in [7, 11) is -2.98. The van der Waals surface area contributed by atoms with Gasteiger partial charge in [0.1, 0.15) is 0 Å². The third-order valence-corrected chi connectivity index (χ3v) is 5.09. The lowest BCUT2D eigenvalue weighted by molar-refractivity contribution is 0.283. The zero-order chi connectivity index (χ0) is 10.2. The largest absolute Gasteiger partial charge is 0.314 e. The number of sulfonamides is 1. The second-order valence-electron chi connectivity index (χ2n) is 4.39. The molecule has 15 heavy (non-hydrogen) atoms. The Hall–Kier alpha value is 0.160. The van der Waals surface area contributed by atoms with Gasteiger partial charge in [0.2, 0.25) is 10.0 Å². The van der Waals surface area contributed by atoms with E-state index in [0.29, 0.717) is 18.2 Å². The summed E-state index contributed by atoms with van der Waals surface area (Å²) in [5, 5.41) is 3.20. The molecule has 1 aliphatic carbocycles. The van der Waals surface area contributed by atoms with Crippen molar-refractivity contribution in [2.24, 2.45) is 5.92 Å². The molecule has 0 aromatic heterocycles. The monoisotopic (exact) mass is 254 g/mol. The van der Waals surface area contributed by atoms with Gasteiger partial charge in [0.05, 0.1) is 5.75 Å². The van der Waals surface area contributed by atoms with Crippen LogP contribution in [0.25, 0.3) is 0 Å². The summed E-state index contributed by atoms with van der Waals surface area (Å²) >= 11 is 0. The summed E-state index contributed by atoms with van der Waals surface area (Å²) in [6.07, 6.45) is 2.19. The summed E-state index contributed by atoms with van der Waals surface area (Å²) in [4.78, 5) is 0. The molecular formula is C9H19ClN2O2S. The Bertz CT molecular complexity index is 303. The first kappa shape index (κ1) is 13.2. The predicted octanol–water partition coefficient (Wildman–Crippen LogP) is 0.442. The molecule has 2 aliphatic rings. The highest BCUT2D eigenvalue weighted by atomic mass is 35.5. The third-order valence-electron chi connectivity index (χ3n) is 2.94. The van der Waals surface area contributed by atoms with E-state index in [2.05, 4.69) is 5.32 Å². The van der Waals surface area contributed by atoms with Gasteiger partial charge in [0, 0.05) is 25.7 Å². The maximum absolute atomic E-state index is 11.9. The average Bonchev–Trinajstić information content (AvgIpc) is 2.88. The van der Waals surface area contributed by atoms with Gasteiger partial charge in [-0.1, -0.05) is 0 Å². The highest BCUT2D eigenvalue weighted by Crippen LogP contribution is 2.31. The number of nitrogens with zero attached hydrogens (tertiary/aromatic N) is 1. The van der Waals surface area contributed by atoms with E-state index in [4.69, 9.17) is 0 Å². The SMILES string of the molecule is CC1CNCCN1S(=O)(=O)CC1CC1.Cl. The van der Waals surface area contributed by atoms with Crippen molar-refractivity contribution in [3.05, 3.63) is 0 Å². The minimum absolute atomic E-state index is 0. The fraction of sp³-hybridized carbons (Fsp3) is 1.00. The summed E-state index contributed by atoms with van der Waals surface area (Å²) in [5.74, 6) is 0.819. The normalized spacial score (nSPS) is 28.5. The fourth-order valence-electron chi connectivity index (χ4n) is 1.91. The first-order valence-corrected chi connectivity index (χ1v) is 6.91. The Kier molecular flexibility index (Phi) is 4.40. The van der Waals surface area contributed by atoms with Gasteiger partial charge in [-0.3, -0.25) is 0 Å². The maximum Gasteiger partial charge on any atom is 0.214 e. The zero-order valence-corrected chi connectivity index (χ0v) is 10.6. The number of nitrogens with one attached hydrogen (secondary N) is 1. The van der Waals surface area contributed by atoms with Crippen molar-refractivity contribution in [1.82, 2.24) is 9.62 Å². The second kappa shape index (κ2) is 4.99. The van der Waals surface area contributed by atoms with Gasteiger partial charge in [-0.25, -0.2) is 8.42 Å². The van der Waals surface area contributed by atoms with Crippen LogP contribution in [-0.4, -0.2) is 44.2 Å². The molecule has 1 saturated heterocycles. The first-order valence-electron chi connectivity index (χ1n) is 5.30. The summed E-state index contributed by atoms with van der Waals surface area (Å²) < 4.78 is 25.6. The molecular weight excluding hydrogens is 236 g/mol. The molecule has 1 aliphatic heterocycles. The van der Waals surface area contributed by atoms with E-state index in [0.717, 1.165) is 25.9 Å². The van der Waals surface area contributed by atoms with E-state index >= 15 is 0 Å². The molecule has 2 fully saturated rings. The van der Waals surface area contributed by atoms with E-state index in [1.165, 1.54) is 0 Å². The van der Waals surface area contributed by atoms with Gasteiger partial charge in [0.15, 0.2) is 0 Å². The maximum atomic E-state index is 11.9. The van der Waals surface area contributed by atoms with Crippen molar-refractivity contribution in [3.8, 4) is 0 Å². The Morgan fingerprint density at radius 3 is 2.60 bits per heavy atom. The van der Waals surface area contributed by atoms with Gasteiger partial charge in [-0.2, -0.15) is 4.31 Å². The van der Waals surface area contributed by atoms with Crippen LogP contribution in [-0.2, 0) is 10.0 Å². The molecule has 0 radical (unpaired) electrons. The molecule has 1 saturated carbocycles. The summed E-state index contributed by atoms with van der Waals surface area (Å²) in [6.45, 7) is 4.17. The molecule has 4 nitrogen and oxygen atoms in total. The number of halogens is 1. The molecule has 0 aromatic carbocycles. The molecule has 2 rings (SSSR count). The van der Waals surface area contributed by atoms with Gasteiger partial charge >= 0.3 is 0 Å². The van der Waals surface area contributed by atoms with Crippen molar-refractivity contribution < 1.29 is 8.42 Å². The number of hydrogen-bond donors (Lipinski definition) is 1. The average molecular weight is 255 g/mol. The molecule has 1 N–H and O–H groups in total. The second-order valence-corrected chi connectivity index (χ2v) is 6.35. The van der Waals surface area contributed by atoms with Crippen molar-refractivity contribution in [2.45, 2.75) is 25.8 Å². The van der Waals surface area contributed by atoms with Gasteiger partial charge < -0.3 is 5.32 Å². The van der Waals surface area contributed by atoms with Crippen LogP contribution in [0.15, 0.2) is 0 Å². The molecule has 0 spiro atoms. The number of piperazine rings is 1. The van der Waals surface area contributed by atoms with Gasteiger partial charge in [-0.15, -0.1) is 12.4 Å². The molecule has 1 unspecified atom stereocenters. The lowest BCUT2D eigenvalue weighted by atomic mass is 10.3. The van der Waals surface area contributed by atoms with Gasteiger partial charge in [0.25, 0.3) is 0 Å². The lowest BCUT2D eigenvalue weighted by Crippen LogP contribution is -2.52. The van der Waals surface area contributed by atoms with Crippen LogP contribution < -0.4 is 5.32 Å². The number of hydrogen-bond acceptors (Lipinski definition) is 3. The number of rotatable bonds is 3. The Balaban J connectivity index is 0.00000112. The predicted molar refractivity (Wildman–Crippen MR) is 62.8 cm³/mol. The molecule has 90 valence electrons. The lowest BCUT2D eigenvalue weighted by Gasteiger charge is -2.32. The summed E-state index contributed by atoms with van der Waals surface area (Å²) in [6, 6.07) is 0.118. The molecule has 1 heterocycles. The molecule has 1 atom stereocenters. The van der Waals surface area contributed by atoms with Crippen LogP contribution in [0, 0.1) is 5.92 Å². The minimum Gasteiger partial charge on any atom is -0.314 e. The van der Waals surface area contributed by atoms with Crippen molar-refractivity contribution in [1.29, 1.82) is 0 Å². The quantitative estimate of drug-likeness (QED) is 0.795. The van der Waals surface area contributed by atoms with E-state index in [1.807, 2.05) is 6.92 Å². The molecule has 6 heteroatoms. The Labute approximate surface area is 97.9 Å². The topological polar surface area (TPSA) is 49.4 Å². The zero-order valence-electron chi connectivity index (χ0n) is 8.98. The van der Waals surface area contributed by atoms with Crippen molar-refractivity contribution in [3.63, 3.8) is 0 Å². The standard InChI is InChI=1S/C9H18N2O2S.ClH/c1-8-6-10-4-5-11(8)14(12,13)7-9-2-3-9;/h8-10H,2-7H2,1H3;1H. The van der Waals surface area contributed by atoms with Crippen LogP contribution >= 0.6 is 12.4 Å².